The largest absolute Gasteiger partial charge is 1.00 e. The van der Waals surface area contributed by atoms with Crippen LogP contribution in [0.1, 0.15) is 25.0 Å². The molecule has 0 atom stereocenters. The number of halogens is 1. The van der Waals surface area contributed by atoms with E-state index in [1.165, 1.54) is 16.0 Å². The fraction of sp³-hybridized carbons (Fsp3) is 0.350. The smallest absolute Gasteiger partial charge is 0.279 e. The Bertz CT molecular complexity index is 729. The van der Waals surface area contributed by atoms with Crippen LogP contribution in [0.4, 0.5) is 17.1 Å². The normalized spacial score (nSPS) is 12.3. The van der Waals surface area contributed by atoms with E-state index in [4.69, 9.17) is 0 Å². The molecule has 4 nitrogen and oxygen atoms in total. The van der Waals surface area contributed by atoms with Crippen LogP contribution >= 0.6 is 0 Å². The number of amides is 1. The van der Waals surface area contributed by atoms with E-state index in [9.17, 15) is 4.79 Å². The molecule has 1 aliphatic heterocycles. The summed E-state index contributed by atoms with van der Waals surface area (Å²) in [6, 6.07) is 14.6. The fourth-order valence-corrected chi connectivity index (χ4v) is 3.20. The predicted molar refractivity (Wildman–Crippen MR) is 99.1 cm³/mol. The van der Waals surface area contributed by atoms with Crippen LogP contribution in [-0.2, 0) is 17.6 Å². The highest BCUT2D eigenvalue weighted by Crippen LogP contribution is 2.31. The third-order valence-corrected chi connectivity index (χ3v) is 4.75. The minimum atomic E-state index is 0. The Morgan fingerprint density at radius 3 is 2.44 bits per heavy atom. The molecule has 0 fully saturated rings. The molecular weight excluding hydrogens is 334 g/mol. The molecule has 0 unspecified atom stereocenters. The first-order chi connectivity index (χ1) is 11.7. The molecule has 2 aromatic carbocycles. The van der Waals surface area contributed by atoms with Gasteiger partial charge in [0.05, 0.1) is 13.1 Å². The van der Waals surface area contributed by atoms with E-state index < -0.39 is 0 Å². The van der Waals surface area contributed by atoms with Gasteiger partial charge in [0.25, 0.3) is 5.91 Å². The topological polar surface area (TPSA) is 45.6 Å². The van der Waals surface area contributed by atoms with Crippen molar-refractivity contribution < 1.29 is 22.1 Å². The molecule has 0 saturated carbocycles. The van der Waals surface area contributed by atoms with Crippen molar-refractivity contribution in [3.8, 4) is 0 Å². The molecule has 3 N–H and O–H groups in total. The minimum Gasteiger partial charge on any atom is -1.00 e. The van der Waals surface area contributed by atoms with Gasteiger partial charge in [0.1, 0.15) is 0 Å². The maximum Gasteiger partial charge on any atom is 0.279 e. The number of likely N-dealkylation sites (N-methyl/N-ethyl adjacent to an activating group) is 1. The molecule has 3 rings (SSSR count). The summed E-state index contributed by atoms with van der Waals surface area (Å²) in [5.41, 5.74) is 5.74. The number of para-hydroxylation sites is 1. The zero-order chi connectivity index (χ0) is 16.9. The first-order valence-electron chi connectivity index (χ1n) is 8.81. The summed E-state index contributed by atoms with van der Waals surface area (Å²) in [5, 5.41) is 6.56. The van der Waals surface area contributed by atoms with E-state index in [1.807, 2.05) is 12.1 Å². The van der Waals surface area contributed by atoms with Crippen molar-refractivity contribution in [3.63, 3.8) is 0 Å². The number of aryl methyl sites for hydroxylation is 2. The highest BCUT2D eigenvalue weighted by atomic mass is 35.5. The quantitative estimate of drug-likeness (QED) is 0.667. The second-order valence-electron chi connectivity index (χ2n) is 6.34. The van der Waals surface area contributed by atoms with Crippen molar-refractivity contribution in [2.24, 2.45) is 0 Å². The van der Waals surface area contributed by atoms with Gasteiger partial charge in [-0.2, -0.15) is 0 Å². The van der Waals surface area contributed by atoms with Crippen molar-refractivity contribution in [1.29, 1.82) is 0 Å². The summed E-state index contributed by atoms with van der Waals surface area (Å²) in [5.74, 6) is 0.0719. The number of benzene rings is 2. The Morgan fingerprint density at radius 1 is 1.04 bits per heavy atom. The summed E-state index contributed by atoms with van der Waals surface area (Å²) in [6.07, 6.45) is 2.05. The van der Waals surface area contributed by atoms with Crippen molar-refractivity contribution in [3.05, 3.63) is 53.6 Å². The first-order valence-corrected chi connectivity index (χ1v) is 8.81. The lowest BCUT2D eigenvalue weighted by atomic mass is 10.0. The third-order valence-electron chi connectivity index (χ3n) is 4.75. The van der Waals surface area contributed by atoms with Gasteiger partial charge < -0.3 is 27.9 Å². The van der Waals surface area contributed by atoms with Crippen LogP contribution in [0, 0.1) is 0 Å². The maximum absolute atomic E-state index is 12.2. The van der Waals surface area contributed by atoms with Gasteiger partial charge in [-0.25, -0.2) is 0 Å². The molecular formula is C20H26ClN3O. The van der Waals surface area contributed by atoms with Gasteiger partial charge in [-0.05, 0) is 56.0 Å². The summed E-state index contributed by atoms with van der Waals surface area (Å²) in [4.78, 5) is 13.5. The Kier molecular flexibility index (Phi) is 6.85. The van der Waals surface area contributed by atoms with Crippen LogP contribution in [0.3, 0.4) is 0 Å². The van der Waals surface area contributed by atoms with E-state index in [2.05, 4.69) is 54.8 Å². The van der Waals surface area contributed by atoms with Crippen LogP contribution in [-0.4, -0.2) is 25.5 Å². The van der Waals surface area contributed by atoms with Gasteiger partial charge in [0.15, 0.2) is 6.54 Å². The molecule has 1 heterocycles. The zero-order valence-electron chi connectivity index (χ0n) is 14.9. The van der Waals surface area contributed by atoms with Crippen molar-refractivity contribution >= 4 is 23.0 Å². The van der Waals surface area contributed by atoms with Gasteiger partial charge in [-0.1, -0.05) is 24.3 Å². The summed E-state index contributed by atoms with van der Waals surface area (Å²) < 4.78 is 0. The third kappa shape index (κ3) is 4.74. The van der Waals surface area contributed by atoms with Gasteiger partial charge in [0.2, 0.25) is 0 Å². The van der Waals surface area contributed by atoms with Crippen LogP contribution in [0.2, 0.25) is 0 Å². The number of quaternary nitrogens is 1. The lowest BCUT2D eigenvalue weighted by Crippen LogP contribution is -3.12. The highest BCUT2D eigenvalue weighted by Gasteiger charge is 2.14. The second-order valence-corrected chi connectivity index (χ2v) is 6.34. The molecule has 0 spiro atoms. The Balaban J connectivity index is 0.00000225. The number of carbonyl (C=O) groups excluding carboxylic acids is 1. The molecule has 5 heteroatoms. The van der Waals surface area contributed by atoms with Crippen molar-refractivity contribution in [2.45, 2.75) is 26.7 Å². The average Bonchev–Trinajstić information content (AvgIpc) is 2.78. The standard InChI is InChI=1S/C20H25N3O.ClH/c1-3-23(4-2)14-20(24)21-17-12-11-16-10-9-15-7-5-6-8-18(15)22-19(16)13-17;/h5-8,11-13,22H,3-4,9-10,14H2,1-2H3,(H,21,24);1H. The predicted octanol–water partition coefficient (Wildman–Crippen LogP) is -0.604. The van der Waals surface area contributed by atoms with Gasteiger partial charge in [-0.15, -0.1) is 0 Å². The van der Waals surface area contributed by atoms with Crippen LogP contribution in [0.5, 0.6) is 0 Å². The van der Waals surface area contributed by atoms with E-state index in [0.29, 0.717) is 6.54 Å². The summed E-state index contributed by atoms with van der Waals surface area (Å²) in [7, 11) is 0. The number of carbonyl (C=O) groups is 1. The molecule has 0 saturated heterocycles. The monoisotopic (exact) mass is 359 g/mol. The minimum absolute atomic E-state index is 0. The number of fused-ring (bicyclic) bond motifs is 2. The Hall–Kier alpha value is -2.04. The van der Waals surface area contributed by atoms with Crippen molar-refractivity contribution in [1.82, 2.24) is 0 Å². The number of hydrogen-bond donors (Lipinski definition) is 3. The first kappa shape index (κ1) is 19.3. The van der Waals surface area contributed by atoms with E-state index in [0.717, 1.165) is 43.0 Å². The summed E-state index contributed by atoms with van der Waals surface area (Å²) in [6.45, 7) is 6.66. The second kappa shape index (κ2) is 8.88. The number of rotatable bonds is 5. The zero-order valence-corrected chi connectivity index (χ0v) is 15.6. The molecule has 0 bridgehead atoms. The van der Waals surface area contributed by atoms with Crippen LogP contribution < -0.4 is 27.9 Å². The number of anilines is 3. The Morgan fingerprint density at radius 2 is 1.72 bits per heavy atom. The molecule has 0 aliphatic carbocycles. The van der Waals surface area contributed by atoms with Gasteiger partial charge in [-0.3, -0.25) is 4.79 Å². The van der Waals surface area contributed by atoms with Gasteiger partial charge >= 0.3 is 0 Å². The molecule has 1 amide bonds. The van der Waals surface area contributed by atoms with E-state index >= 15 is 0 Å². The van der Waals surface area contributed by atoms with Gasteiger partial charge in [0, 0.05) is 17.1 Å². The molecule has 1 aliphatic rings. The Labute approximate surface area is 156 Å². The molecule has 25 heavy (non-hydrogen) atoms. The van der Waals surface area contributed by atoms with Crippen LogP contribution in [0.25, 0.3) is 0 Å². The maximum atomic E-state index is 12.2. The molecule has 0 radical (unpaired) electrons. The lowest BCUT2D eigenvalue weighted by Gasteiger charge is -2.16. The number of hydrogen-bond acceptors (Lipinski definition) is 2. The lowest BCUT2D eigenvalue weighted by molar-refractivity contribution is -0.888. The average molecular weight is 360 g/mol. The van der Waals surface area contributed by atoms with Crippen LogP contribution in [0.15, 0.2) is 42.5 Å². The summed E-state index contributed by atoms with van der Waals surface area (Å²) >= 11 is 0. The SMILES string of the molecule is CC[NH+](CC)CC(=O)Nc1ccc2c(c1)Nc1ccccc1CC2.[Cl-]. The molecule has 2 aromatic rings. The van der Waals surface area contributed by atoms with E-state index in [1.54, 1.807) is 0 Å². The highest BCUT2D eigenvalue weighted by molar-refractivity contribution is 5.92. The fourth-order valence-electron chi connectivity index (χ4n) is 3.20. The molecule has 0 aromatic heterocycles. The van der Waals surface area contributed by atoms with E-state index in [-0.39, 0.29) is 18.3 Å². The van der Waals surface area contributed by atoms with Crippen molar-refractivity contribution in [2.75, 3.05) is 30.3 Å². The number of nitrogens with one attached hydrogen (secondary N) is 3. The molecule has 134 valence electrons.